The van der Waals surface area contributed by atoms with Crippen molar-refractivity contribution in [2.45, 2.75) is 12.8 Å². The van der Waals surface area contributed by atoms with Crippen LogP contribution in [0.15, 0.2) is 29.0 Å². The van der Waals surface area contributed by atoms with Crippen LogP contribution in [-0.2, 0) is 0 Å². The van der Waals surface area contributed by atoms with Crippen LogP contribution in [0.2, 0.25) is 0 Å². The number of hydrogen-bond acceptors (Lipinski definition) is 6. The molecule has 0 aliphatic carbocycles. The first kappa shape index (κ1) is 14.0. The van der Waals surface area contributed by atoms with E-state index in [4.69, 9.17) is 20.0 Å². The van der Waals surface area contributed by atoms with E-state index in [9.17, 15) is 4.79 Å². The Morgan fingerprint density at radius 3 is 3.00 bits per heavy atom. The van der Waals surface area contributed by atoms with Crippen molar-refractivity contribution in [2.24, 2.45) is 5.73 Å². The zero-order chi connectivity index (χ0) is 14.4. The second-order valence-corrected chi connectivity index (χ2v) is 4.07. The number of hydrogen-bond donors (Lipinski definition) is 2. The van der Waals surface area contributed by atoms with Crippen LogP contribution in [0.3, 0.4) is 0 Å². The van der Waals surface area contributed by atoms with Gasteiger partial charge in [0.15, 0.2) is 5.69 Å². The van der Waals surface area contributed by atoms with Crippen molar-refractivity contribution in [3.05, 3.63) is 30.3 Å². The van der Waals surface area contributed by atoms with Crippen LogP contribution in [0.25, 0.3) is 11.5 Å². The van der Waals surface area contributed by atoms with Crippen molar-refractivity contribution in [1.29, 1.82) is 0 Å². The summed E-state index contributed by atoms with van der Waals surface area (Å²) in [7, 11) is 0. The molecule has 0 spiro atoms. The minimum Gasteiger partial charge on any atom is -0.478 e. The van der Waals surface area contributed by atoms with Gasteiger partial charge in [-0.2, -0.15) is 0 Å². The molecule has 2 rings (SSSR count). The number of carboxylic acid groups (broad SMARTS) is 1. The fraction of sp³-hybridized carbons (Fsp3) is 0.308. The van der Waals surface area contributed by atoms with E-state index < -0.39 is 5.97 Å². The number of nitrogens with two attached hydrogens (primary N) is 1. The molecule has 0 bridgehead atoms. The Kier molecular flexibility index (Phi) is 4.67. The summed E-state index contributed by atoms with van der Waals surface area (Å²) in [5.41, 5.74) is 5.87. The minimum atomic E-state index is -1.13. The predicted molar refractivity (Wildman–Crippen MR) is 70.5 cm³/mol. The maximum absolute atomic E-state index is 10.7. The van der Waals surface area contributed by atoms with Gasteiger partial charge in [-0.3, -0.25) is 0 Å². The Morgan fingerprint density at radius 1 is 1.45 bits per heavy atom. The normalized spacial score (nSPS) is 10.4. The van der Waals surface area contributed by atoms with E-state index >= 15 is 0 Å². The van der Waals surface area contributed by atoms with Crippen molar-refractivity contribution in [3.63, 3.8) is 0 Å². The zero-order valence-electron chi connectivity index (χ0n) is 10.8. The predicted octanol–water partition coefficient (Wildman–Crippen LogP) is 1.55. The van der Waals surface area contributed by atoms with Crippen LogP contribution >= 0.6 is 0 Å². The van der Waals surface area contributed by atoms with E-state index in [1.54, 1.807) is 18.3 Å². The topological polar surface area (TPSA) is 111 Å². The van der Waals surface area contributed by atoms with E-state index in [1.807, 2.05) is 0 Å². The van der Waals surface area contributed by atoms with Gasteiger partial charge >= 0.3 is 5.97 Å². The third-order valence-corrected chi connectivity index (χ3v) is 2.55. The number of carboxylic acids is 1. The van der Waals surface area contributed by atoms with Gasteiger partial charge in [-0.05, 0) is 25.5 Å². The maximum Gasteiger partial charge on any atom is 0.357 e. The molecule has 0 aliphatic rings. The average molecular weight is 277 g/mol. The SMILES string of the molecule is NCCCCOc1cc(-c2nc(C(=O)O)co2)ccn1. The molecule has 20 heavy (non-hydrogen) atoms. The molecule has 0 aliphatic heterocycles. The third-order valence-electron chi connectivity index (χ3n) is 2.55. The average Bonchev–Trinajstić information content (AvgIpc) is 2.94. The highest BCUT2D eigenvalue weighted by atomic mass is 16.5. The smallest absolute Gasteiger partial charge is 0.357 e. The lowest BCUT2D eigenvalue weighted by atomic mass is 10.2. The number of rotatable bonds is 7. The summed E-state index contributed by atoms with van der Waals surface area (Å²) in [6.07, 6.45) is 4.39. The zero-order valence-corrected chi connectivity index (χ0v) is 10.8. The highest BCUT2D eigenvalue weighted by Crippen LogP contribution is 2.21. The van der Waals surface area contributed by atoms with Gasteiger partial charge in [0.25, 0.3) is 0 Å². The Balaban J connectivity index is 2.06. The quantitative estimate of drug-likeness (QED) is 0.738. The largest absolute Gasteiger partial charge is 0.478 e. The molecule has 0 aromatic carbocycles. The Hall–Kier alpha value is -2.41. The molecular weight excluding hydrogens is 262 g/mol. The molecule has 0 saturated heterocycles. The fourth-order valence-electron chi connectivity index (χ4n) is 1.55. The van der Waals surface area contributed by atoms with Crippen LogP contribution in [0.1, 0.15) is 23.3 Å². The van der Waals surface area contributed by atoms with E-state index in [0.717, 1.165) is 19.1 Å². The lowest BCUT2D eigenvalue weighted by Gasteiger charge is -2.05. The minimum absolute atomic E-state index is 0.137. The van der Waals surface area contributed by atoms with Gasteiger partial charge < -0.3 is 20.0 Å². The monoisotopic (exact) mass is 277 g/mol. The lowest BCUT2D eigenvalue weighted by molar-refractivity contribution is 0.0690. The second-order valence-electron chi connectivity index (χ2n) is 4.07. The molecule has 7 heteroatoms. The van der Waals surface area contributed by atoms with Crippen molar-refractivity contribution in [1.82, 2.24) is 9.97 Å². The number of carbonyl (C=O) groups is 1. The van der Waals surface area contributed by atoms with Crippen molar-refractivity contribution < 1.29 is 19.1 Å². The molecule has 3 N–H and O–H groups in total. The Bertz CT molecular complexity index is 583. The molecule has 0 atom stereocenters. The molecule has 2 aromatic rings. The first-order chi connectivity index (χ1) is 9.70. The number of nitrogens with zero attached hydrogens (tertiary/aromatic N) is 2. The first-order valence-corrected chi connectivity index (χ1v) is 6.19. The summed E-state index contributed by atoms with van der Waals surface area (Å²) in [6, 6.07) is 3.32. The molecule has 0 amide bonds. The summed E-state index contributed by atoms with van der Waals surface area (Å²) in [5.74, 6) is -0.474. The van der Waals surface area contributed by atoms with Crippen molar-refractivity contribution in [2.75, 3.05) is 13.2 Å². The molecular formula is C13H15N3O4. The summed E-state index contributed by atoms with van der Waals surface area (Å²) < 4.78 is 10.6. The molecule has 0 radical (unpaired) electrons. The maximum atomic E-state index is 10.7. The Morgan fingerprint density at radius 2 is 2.30 bits per heavy atom. The van der Waals surface area contributed by atoms with Crippen LogP contribution in [0, 0.1) is 0 Å². The lowest BCUT2D eigenvalue weighted by Crippen LogP contribution is -2.04. The number of aromatic nitrogens is 2. The second kappa shape index (κ2) is 6.67. The van der Waals surface area contributed by atoms with Gasteiger partial charge in [-0.1, -0.05) is 0 Å². The summed E-state index contributed by atoms with van der Waals surface area (Å²) >= 11 is 0. The van der Waals surface area contributed by atoms with Gasteiger partial charge in [0.1, 0.15) is 6.26 Å². The number of aromatic carboxylic acids is 1. The molecule has 106 valence electrons. The van der Waals surface area contributed by atoms with Crippen molar-refractivity contribution >= 4 is 5.97 Å². The summed E-state index contributed by atoms with van der Waals surface area (Å²) in [5, 5.41) is 8.80. The van der Waals surface area contributed by atoms with E-state index in [1.165, 1.54) is 0 Å². The molecule has 2 heterocycles. The molecule has 0 fully saturated rings. The number of pyridine rings is 1. The number of oxazole rings is 1. The fourth-order valence-corrected chi connectivity index (χ4v) is 1.55. The highest BCUT2D eigenvalue weighted by Gasteiger charge is 2.12. The summed E-state index contributed by atoms with van der Waals surface area (Å²) in [4.78, 5) is 18.7. The van der Waals surface area contributed by atoms with E-state index in [2.05, 4.69) is 9.97 Å². The Labute approximate surface area is 115 Å². The van der Waals surface area contributed by atoms with Gasteiger partial charge in [-0.15, -0.1) is 0 Å². The highest BCUT2D eigenvalue weighted by molar-refractivity contribution is 5.85. The number of ether oxygens (including phenoxy) is 1. The first-order valence-electron chi connectivity index (χ1n) is 6.19. The number of unbranched alkanes of at least 4 members (excludes halogenated alkanes) is 1. The summed E-state index contributed by atoms with van der Waals surface area (Å²) in [6.45, 7) is 1.16. The van der Waals surface area contributed by atoms with E-state index in [0.29, 0.717) is 24.6 Å². The van der Waals surface area contributed by atoms with Gasteiger partial charge in [0, 0.05) is 17.8 Å². The van der Waals surface area contributed by atoms with Gasteiger partial charge in [0.05, 0.1) is 6.61 Å². The molecule has 7 nitrogen and oxygen atoms in total. The molecule has 0 unspecified atom stereocenters. The van der Waals surface area contributed by atoms with Crippen LogP contribution < -0.4 is 10.5 Å². The van der Waals surface area contributed by atoms with Crippen molar-refractivity contribution in [3.8, 4) is 17.3 Å². The molecule has 0 saturated carbocycles. The van der Waals surface area contributed by atoms with E-state index in [-0.39, 0.29) is 11.6 Å². The standard InChI is InChI=1S/C13H15N3O4/c14-4-1-2-6-19-11-7-9(3-5-15-11)12-16-10(8-20-12)13(17)18/h3,5,7-8H,1-2,4,6,14H2,(H,17,18). The van der Waals surface area contributed by atoms with Gasteiger partial charge in [0.2, 0.25) is 11.8 Å². The van der Waals surface area contributed by atoms with Crippen LogP contribution in [-0.4, -0.2) is 34.2 Å². The molecule has 2 aromatic heterocycles. The van der Waals surface area contributed by atoms with Crippen LogP contribution in [0.4, 0.5) is 0 Å². The third kappa shape index (κ3) is 3.55. The van der Waals surface area contributed by atoms with Gasteiger partial charge in [-0.25, -0.2) is 14.8 Å². The van der Waals surface area contributed by atoms with Crippen LogP contribution in [0.5, 0.6) is 5.88 Å².